The second-order valence-corrected chi connectivity index (χ2v) is 14.4. The van der Waals surface area contributed by atoms with E-state index < -0.39 is 29.7 Å². The van der Waals surface area contributed by atoms with Crippen molar-refractivity contribution < 1.29 is 33.1 Å². The van der Waals surface area contributed by atoms with Gasteiger partial charge in [-0.2, -0.15) is 0 Å². The number of nitrogens with one attached hydrogen (secondary N) is 2. The van der Waals surface area contributed by atoms with E-state index in [4.69, 9.17) is 0 Å². The predicted molar refractivity (Wildman–Crippen MR) is 199 cm³/mol. The highest BCUT2D eigenvalue weighted by atomic mass is 19.1. The van der Waals surface area contributed by atoms with Gasteiger partial charge in [-0.05, 0) is 126 Å². The van der Waals surface area contributed by atoms with Gasteiger partial charge in [0.25, 0.3) is 11.8 Å². The average molecular weight is 728 g/mol. The number of likely N-dealkylation sites (tertiary alicyclic amines) is 1. The number of carbonyl (C=O) groups excluding carboxylic acids is 4. The molecule has 2 atom stereocenters. The van der Waals surface area contributed by atoms with Gasteiger partial charge in [-0.15, -0.1) is 0 Å². The Bertz CT molecular complexity index is 1450. The highest BCUT2D eigenvalue weighted by molar-refractivity contribution is 6.00. The molecule has 0 bridgehead atoms. The van der Waals surface area contributed by atoms with Gasteiger partial charge in [-0.1, -0.05) is 13.8 Å². The molecule has 0 unspecified atom stereocenters. The number of aryl methyl sites for hydroxylation is 1. The van der Waals surface area contributed by atoms with Crippen molar-refractivity contribution in [2.45, 2.75) is 97.1 Å². The van der Waals surface area contributed by atoms with Crippen molar-refractivity contribution >= 4 is 23.6 Å². The SMILES string of the molecule is CCCN(CCC)C(=O)c1cc(C)cc(C(=O)N[C@@H](Cc2cc(F)cc(F)c2)[C@H](O)CCNC(=O)CCC2CCN(C(=O)CCCN(C)C)CC2)c1. The summed E-state index contributed by atoms with van der Waals surface area (Å²) in [6.45, 7) is 9.40. The van der Waals surface area contributed by atoms with E-state index in [0.29, 0.717) is 62.5 Å². The number of aliphatic hydroxyl groups excluding tert-OH is 1. The number of carbonyl (C=O) groups is 4. The van der Waals surface area contributed by atoms with Gasteiger partial charge in [0.05, 0.1) is 12.1 Å². The van der Waals surface area contributed by atoms with Crippen molar-refractivity contribution in [2.75, 3.05) is 53.4 Å². The minimum atomic E-state index is -1.16. The molecule has 2 aromatic rings. The molecule has 2 aromatic carbocycles. The summed E-state index contributed by atoms with van der Waals surface area (Å²) in [6.07, 6.45) is 4.59. The number of hydrogen-bond acceptors (Lipinski definition) is 6. The molecule has 3 N–H and O–H groups in total. The molecule has 0 aromatic heterocycles. The normalized spacial score (nSPS) is 14.6. The molecule has 3 rings (SSSR count). The summed E-state index contributed by atoms with van der Waals surface area (Å²) < 4.78 is 28.2. The molecule has 0 aliphatic carbocycles. The zero-order chi connectivity index (χ0) is 38.2. The molecule has 1 heterocycles. The molecule has 52 heavy (non-hydrogen) atoms. The zero-order valence-corrected chi connectivity index (χ0v) is 31.7. The highest BCUT2D eigenvalue weighted by Gasteiger charge is 2.26. The Morgan fingerprint density at radius 3 is 2.15 bits per heavy atom. The largest absolute Gasteiger partial charge is 0.391 e. The fourth-order valence-electron chi connectivity index (χ4n) is 6.75. The summed E-state index contributed by atoms with van der Waals surface area (Å²) >= 11 is 0. The molecule has 1 saturated heterocycles. The van der Waals surface area contributed by atoms with E-state index in [0.717, 1.165) is 56.8 Å². The Labute approximate surface area is 308 Å². The van der Waals surface area contributed by atoms with Crippen LogP contribution in [-0.4, -0.2) is 109 Å². The van der Waals surface area contributed by atoms with Crippen LogP contribution in [0.4, 0.5) is 8.78 Å². The molecule has 12 heteroatoms. The summed E-state index contributed by atoms with van der Waals surface area (Å²) in [7, 11) is 3.99. The number of halogens is 2. The standard InChI is InChI=1S/C40H59F2N5O5/c1-6-16-47(17-7-2)40(52)32-22-28(3)21-31(26-32)39(51)44-35(25-30-23-33(41)27-34(42)24-30)36(48)12-15-43-37(49)11-10-29-13-19-46(20-14-29)38(50)9-8-18-45(4)5/h21-24,26-27,29,35-36,48H,6-20,25H2,1-5H3,(H,43,49)(H,44,51)/t35-,36+/m0/s1. The van der Waals surface area contributed by atoms with Crippen LogP contribution in [0.1, 0.15) is 103 Å². The van der Waals surface area contributed by atoms with Crippen molar-refractivity contribution in [3.63, 3.8) is 0 Å². The summed E-state index contributed by atoms with van der Waals surface area (Å²) in [4.78, 5) is 57.9. The second-order valence-electron chi connectivity index (χ2n) is 14.4. The van der Waals surface area contributed by atoms with E-state index in [2.05, 4.69) is 15.5 Å². The van der Waals surface area contributed by atoms with Gasteiger partial charge in [0.1, 0.15) is 11.6 Å². The minimum Gasteiger partial charge on any atom is -0.391 e. The lowest BCUT2D eigenvalue weighted by Gasteiger charge is -2.32. The number of nitrogens with zero attached hydrogens (tertiary/aromatic N) is 3. The molecule has 10 nitrogen and oxygen atoms in total. The van der Waals surface area contributed by atoms with Crippen molar-refractivity contribution in [3.8, 4) is 0 Å². The van der Waals surface area contributed by atoms with E-state index in [1.54, 1.807) is 24.0 Å². The van der Waals surface area contributed by atoms with Crippen LogP contribution in [-0.2, 0) is 16.0 Å². The average Bonchev–Trinajstić information content (AvgIpc) is 3.09. The van der Waals surface area contributed by atoms with Crippen molar-refractivity contribution in [3.05, 3.63) is 70.3 Å². The maximum Gasteiger partial charge on any atom is 0.253 e. The van der Waals surface area contributed by atoms with E-state index in [9.17, 15) is 33.1 Å². The number of hydrogen-bond donors (Lipinski definition) is 3. The molecule has 288 valence electrons. The van der Waals surface area contributed by atoms with E-state index >= 15 is 0 Å². The molecular formula is C40H59F2N5O5. The predicted octanol–water partition coefficient (Wildman–Crippen LogP) is 5.10. The lowest BCUT2D eigenvalue weighted by molar-refractivity contribution is -0.133. The Morgan fingerprint density at radius 2 is 1.54 bits per heavy atom. The van der Waals surface area contributed by atoms with Gasteiger partial charge in [0, 0.05) is 62.8 Å². The van der Waals surface area contributed by atoms with Crippen molar-refractivity contribution in [2.24, 2.45) is 5.92 Å². The third-order valence-corrected chi connectivity index (χ3v) is 9.52. The van der Waals surface area contributed by atoms with Crippen LogP contribution in [0.15, 0.2) is 36.4 Å². The fourth-order valence-corrected chi connectivity index (χ4v) is 6.75. The maximum absolute atomic E-state index is 14.1. The minimum absolute atomic E-state index is 0.0647. The molecule has 4 amide bonds. The van der Waals surface area contributed by atoms with Crippen LogP contribution in [0.25, 0.3) is 0 Å². The monoisotopic (exact) mass is 727 g/mol. The van der Waals surface area contributed by atoms with Crippen LogP contribution in [0.2, 0.25) is 0 Å². The molecule has 0 spiro atoms. The molecular weight excluding hydrogens is 668 g/mol. The zero-order valence-electron chi connectivity index (χ0n) is 31.7. The van der Waals surface area contributed by atoms with Gasteiger partial charge in [-0.3, -0.25) is 19.2 Å². The number of benzene rings is 2. The topological polar surface area (TPSA) is 122 Å². The first kappa shape index (κ1) is 42.5. The van der Waals surface area contributed by atoms with Crippen LogP contribution < -0.4 is 10.6 Å². The lowest BCUT2D eigenvalue weighted by atomic mass is 9.92. The summed E-state index contributed by atoms with van der Waals surface area (Å²) in [5, 5.41) is 16.9. The van der Waals surface area contributed by atoms with Crippen LogP contribution in [0, 0.1) is 24.5 Å². The van der Waals surface area contributed by atoms with Crippen molar-refractivity contribution in [1.82, 2.24) is 25.3 Å². The first-order chi connectivity index (χ1) is 24.8. The molecule has 0 saturated carbocycles. The fraction of sp³-hybridized carbons (Fsp3) is 0.600. The molecule has 1 fully saturated rings. The third kappa shape index (κ3) is 14.3. The Kier molecular flexibility index (Phi) is 17.6. The maximum atomic E-state index is 14.1. The Balaban J connectivity index is 1.58. The first-order valence-corrected chi connectivity index (χ1v) is 18.8. The summed E-state index contributed by atoms with van der Waals surface area (Å²) in [6, 6.07) is 7.03. The summed E-state index contributed by atoms with van der Waals surface area (Å²) in [5.41, 5.74) is 1.58. The Hall–Kier alpha value is -3.90. The van der Waals surface area contributed by atoms with Crippen LogP contribution in [0.5, 0.6) is 0 Å². The van der Waals surface area contributed by atoms with Gasteiger partial charge < -0.3 is 30.4 Å². The number of aliphatic hydroxyl groups is 1. The van der Waals surface area contributed by atoms with E-state index in [-0.39, 0.29) is 48.2 Å². The van der Waals surface area contributed by atoms with E-state index in [1.165, 1.54) is 6.07 Å². The van der Waals surface area contributed by atoms with Gasteiger partial charge >= 0.3 is 0 Å². The first-order valence-electron chi connectivity index (χ1n) is 18.8. The molecule has 1 aliphatic rings. The van der Waals surface area contributed by atoms with E-state index in [1.807, 2.05) is 32.8 Å². The number of rotatable bonds is 20. The van der Waals surface area contributed by atoms with Gasteiger partial charge in [0.2, 0.25) is 11.8 Å². The van der Waals surface area contributed by atoms with Crippen molar-refractivity contribution in [1.29, 1.82) is 0 Å². The second kappa shape index (κ2) is 21.6. The smallest absolute Gasteiger partial charge is 0.253 e. The van der Waals surface area contributed by atoms with Gasteiger partial charge in [0.15, 0.2) is 0 Å². The number of piperidine rings is 1. The van der Waals surface area contributed by atoms with Crippen LogP contribution >= 0.6 is 0 Å². The van der Waals surface area contributed by atoms with Gasteiger partial charge in [-0.25, -0.2) is 8.78 Å². The van der Waals surface area contributed by atoms with Crippen LogP contribution in [0.3, 0.4) is 0 Å². The summed E-state index contributed by atoms with van der Waals surface area (Å²) in [5.74, 6) is -1.87. The molecule has 0 radical (unpaired) electrons. The third-order valence-electron chi connectivity index (χ3n) is 9.52. The highest BCUT2D eigenvalue weighted by Crippen LogP contribution is 2.23. The lowest BCUT2D eigenvalue weighted by Crippen LogP contribution is -2.46. The molecule has 1 aliphatic heterocycles. The number of amides is 4. The quantitative estimate of drug-likeness (QED) is 0.175. The Morgan fingerprint density at radius 1 is 0.904 bits per heavy atom.